The van der Waals surface area contributed by atoms with Gasteiger partial charge in [0.15, 0.2) is 5.17 Å². The number of aromatic nitrogens is 1. The molecule has 9 nitrogen and oxygen atoms in total. The molecule has 5 rings (SSSR count). The molecular weight excluding hydrogens is 504 g/mol. The van der Waals surface area contributed by atoms with Gasteiger partial charge in [-0.1, -0.05) is 30.3 Å². The van der Waals surface area contributed by atoms with Gasteiger partial charge in [0.1, 0.15) is 0 Å². The predicted molar refractivity (Wildman–Crippen MR) is 145 cm³/mol. The zero-order chi connectivity index (χ0) is 26.6. The van der Waals surface area contributed by atoms with E-state index >= 15 is 0 Å². The maximum atomic E-state index is 13.6. The monoisotopic (exact) mass is 524 g/mol. The zero-order valence-electron chi connectivity index (χ0n) is 19.8. The van der Waals surface area contributed by atoms with Crippen LogP contribution in [-0.2, 0) is 11.3 Å². The van der Waals surface area contributed by atoms with Gasteiger partial charge in [-0.3, -0.25) is 19.8 Å². The summed E-state index contributed by atoms with van der Waals surface area (Å²) in [4.78, 5) is 42.1. The maximum Gasteiger partial charge on any atom is 0.335 e. The van der Waals surface area contributed by atoms with Crippen LogP contribution in [0.25, 0.3) is 11.8 Å². The molecule has 0 saturated carbocycles. The first kappa shape index (κ1) is 24.7. The number of aliphatic imine (C=N–C) groups is 1. The van der Waals surface area contributed by atoms with Crippen molar-refractivity contribution in [3.8, 4) is 5.69 Å². The van der Waals surface area contributed by atoms with Crippen LogP contribution in [0.4, 0.5) is 11.4 Å². The average molecular weight is 525 g/mol. The predicted octanol–water partition coefficient (Wildman–Crippen LogP) is 5.89. The molecule has 10 heteroatoms. The van der Waals surface area contributed by atoms with Crippen molar-refractivity contribution in [3.63, 3.8) is 0 Å². The lowest BCUT2D eigenvalue weighted by Crippen LogP contribution is -2.28. The van der Waals surface area contributed by atoms with Crippen molar-refractivity contribution in [1.82, 2.24) is 9.47 Å². The number of amidine groups is 1. The number of amides is 1. The molecule has 1 N–H and O–H groups in total. The summed E-state index contributed by atoms with van der Waals surface area (Å²) in [5.74, 6) is -1.25. The highest BCUT2D eigenvalue weighted by Gasteiger charge is 2.33. The number of hydrogen-bond acceptors (Lipinski definition) is 6. The van der Waals surface area contributed by atoms with Gasteiger partial charge in [-0.25, -0.2) is 9.79 Å². The number of hydrogen-bond donors (Lipinski definition) is 1. The van der Waals surface area contributed by atoms with Crippen LogP contribution in [0.1, 0.15) is 21.6 Å². The fraction of sp³-hybridized carbons (Fsp3) is 0.0357. The molecule has 188 valence electrons. The van der Waals surface area contributed by atoms with Gasteiger partial charge in [0.05, 0.1) is 27.6 Å². The molecule has 2 heterocycles. The van der Waals surface area contributed by atoms with Crippen LogP contribution in [0.2, 0.25) is 0 Å². The van der Waals surface area contributed by atoms with Crippen LogP contribution < -0.4 is 0 Å². The van der Waals surface area contributed by atoms with Crippen molar-refractivity contribution in [1.29, 1.82) is 0 Å². The first-order valence-electron chi connectivity index (χ1n) is 11.5. The van der Waals surface area contributed by atoms with E-state index in [1.54, 1.807) is 35.2 Å². The number of nitro groups is 1. The summed E-state index contributed by atoms with van der Waals surface area (Å²) < 4.78 is 1.84. The summed E-state index contributed by atoms with van der Waals surface area (Å²) in [5, 5.41) is 20.7. The fourth-order valence-electron chi connectivity index (χ4n) is 3.90. The van der Waals surface area contributed by atoms with Crippen LogP contribution in [-0.4, -0.2) is 36.5 Å². The minimum Gasteiger partial charge on any atom is -0.478 e. The Morgan fingerprint density at radius 1 is 0.974 bits per heavy atom. The average Bonchev–Trinajstić information content (AvgIpc) is 3.50. The van der Waals surface area contributed by atoms with E-state index in [9.17, 15) is 24.8 Å². The number of nitrogens with zero attached hydrogens (tertiary/aromatic N) is 4. The summed E-state index contributed by atoms with van der Waals surface area (Å²) in [6.45, 7) is 0.220. The molecule has 4 aromatic rings. The number of aromatic carboxylic acids is 1. The molecule has 1 aromatic heterocycles. The highest BCUT2D eigenvalue weighted by atomic mass is 32.2. The number of nitro benzene ring substituents is 1. The van der Waals surface area contributed by atoms with E-state index in [1.807, 2.05) is 53.2 Å². The lowest BCUT2D eigenvalue weighted by molar-refractivity contribution is -0.384. The second-order valence-electron chi connectivity index (χ2n) is 8.31. The molecule has 0 spiro atoms. The molecule has 1 amide bonds. The number of carbonyl (C=O) groups excluding carboxylic acids is 1. The van der Waals surface area contributed by atoms with E-state index < -0.39 is 10.9 Å². The van der Waals surface area contributed by atoms with Crippen LogP contribution in [0.5, 0.6) is 0 Å². The Labute approximate surface area is 221 Å². The van der Waals surface area contributed by atoms with Gasteiger partial charge < -0.3 is 9.67 Å². The molecule has 1 fully saturated rings. The van der Waals surface area contributed by atoms with Crippen LogP contribution in [0, 0.1) is 10.1 Å². The van der Waals surface area contributed by atoms with E-state index in [0.717, 1.165) is 16.9 Å². The first-order valence-corrected chi connectivity index (χ1v) is 12.3. The van der Waals surface area contributed by atoms with E-state index in [-0.39, 0.29) is 23.7 Å². The normalized spacial score (nSPS) is 15.4. The van der Waals surface area contributed by atoms with E-state index in [2.05, 4.69) is 0 Å². The quantitative estimate of drug-likeness (QED) is 0.183. The summed E-state index contributed by atoms with van der Waals surface area (Å²) in [7, 11) is 0. The largest absolute Gasteiger partial charge is 0.478 e. The standard InChI is InChI=1S/C28H20N4O5S/c33-26-25(17-24-7-4-16-30(24)22-12-14-23(15-13-22)32(36)37)38-28(29-21-5-2-1-3-6-21)31(26)18-19-8-10-20(11-9-19)27(34)35/h1-17H,18H2,(H,34,35)/b25-17-,29-28?. The van der Waals surface area contributed by atoms with Crippen molar-refractivity contribution in [2.45, 2.75) is 6.54 Å². The highest BCUT2D eigenvalue weighted by molar-refractivity contribution is 8.18. The molecule has 0 bridgehead atoms. The van der Waals surface area contributed by atoms with Crippen LogP contribution in [0.15, 0.2) is 107 Å². The Morgan fingerprint density at radius 3 is 2.34 bits per heavy atom. The number of para-hydroxylation sites is 1. The van der Waals surface area contributed by atoms with Crippen LogP contribution >= 0.6 is 11.8 Å². The molecule has 0 aliphatic carbocycles. The molecule has 1 aliphatic heterocycles. The third kappa shape index (κ3) is 5.25. The van der Waals surface area contributed by atoms with Gasteiger partial charge in [0.2, 0.25) is 0 Å². The van der Waals surface area contributed by atoms with Gasteiger partial charge in [-0.15, -0.1) is 0 Å². The zero-order valence-corrected chi connectivity index (χ0v) is 20.6. The Bertz CT molecular complexity index is 1580. The lowest BCUT2D eigenvalue weighted by Gasteiger charge is -2.16. The topological polar surface area (TPSA) is 118 Å². The minimum absolute atomic E-state index is 0.00358. The summed E-state index contributed by atoms with van der Waals surface area (Å²) in [6.07, 6.45) is 3.58. The Morgan fingerprint density at radius 2 is 1.68 bits per heavy atom. The number of carbonyl (C=O) groups is 2. The number of non-ortho nitro benzene ring substituents is 1. The van der Waals surface area contributed by atoms with Gasteiger partial charge in [0, 0.05) is 29.7 Å². The Kier molecular flexibility index (Phi) is 6.88. The van der Waals surface area contributed by atoms with Gasteiger partial charge in [-0.2, -0.15) is 0 Å². The maximum absolute atomic E-state index is 13.6. The summed E-state index contributed by atoms with van der Waals surface area (Å²) in [6, 6.07) is 25.5. The molecule has 1 aliphatic rings. The molecule has 1 saturated heterocycles. The first-order chi connectivity index (χ1) is 18.4. The Hall–Kier alpha value is -4.96. The molecular formula is C28H20N4O5S. The van der Waals surface area contributed by atoms with Crippen molar-refractivity contribution in [2.75, 3.05) is 0 Å². The van der Waals surface area contributed by atoms with Gasteiger partial charge >= 0.3 is 5.97 Å². The Balaban J connectivity index is 1.48. The SMILES string of the molecule is O=C(O)c1ccc(CN2C(=O)/C(=C/c3cccn3-c3ccc([N+](=O)[O-])cc3)SC2=Nc2ccccc2)cc1. The third-order valence-corrected chi connectivity index (χ3v) is 6.82. The molecule has 3 aromatic carbocycles. The van der Waals surface area contributed by atoms with Gasteiger partial charge in [-0.05, 0) is 71.9 Å². The second kappa shape index (κ2) is 10.6. The van der Waals surface area contributed by atoms with Crippen molar-refractivity contribution in [3.05, 3.63) is 129 Å². The summed E-state index contributed by atoms with van der Waals surface area (Å²) >= 11 is 1.25. The number of rotatable bonds is 7. The minimum atomic E-state index is -1.02. The molecule has 0 atom stereocenters. The van der Waals surface area contributed by atoms with Gasteiger partial charge in [0.25, 0.3) is 11.6 Å². The summed E-state index contributed by atoms with van der Waals surface area (Å²) in [5.41, 5.74) is 3.07. The van der Waals surface area contributed by atoms with E-state index in [1.165, 1.54) is 36.0 Å². The molecule has 0 radical (unpaired) electrons. The molecule has 38 heavy (non-hydrogen) atoms. The lowest BCUT2D eigenvalue weighted by atomic mass is 10.1. The number of thioether (sulfide) groups is 1. The van der Waals surface area contributed by atoms with Crippen molar-refractivity contribution in [2.24, 2.45) is 4.99 Å². The second-order valence-corrected chi connectivity index (χ2v) is 9.32. The smallest absolute Gasteiger partial charge is 0.335 e. The fourth-order valence-corrected chi connectivity index (χ4v) is 4.88. The van der Waals surface area contributed by atoms with Crippen molar-refractivity contribution < 1.29 is 19.6 Å². The van der Waals surface area contributed by atoms with Crippen LogP contribution in [0.3, 0.4) is 0 Å². The van der Waals surface area contributed by atoms with E-state index in [4.69, 9.17) is 4.99 Å². The van der Waals surface area contributed by atoms with E-state index in [0.29, 0.717) is 15.8 Å². The number of benzene rings is 3. The number of carboxylic acids is 1. The number of carboxylic acid groups (broad SMARTS) is 1. The van der Waals surface area contributed by atoms with Crippen molar-refractivity contribution >= 4 is 46.3 Å². The third-order valence-electron chi connectivity index (χ3n) is 5.81. The highest BCUT2D eigenvalue weighted by Crippen LogP contribution is 2.35. The molecule has 0 unspecified atom stereocenters.